The third-order valence-electron chi connectivity index (χ3n) is 6.92. The number of ether oxygens (including phenoxy) is 2. The average molecular weight is 477 g/mol. The third kappa shape index (κ3) is 5.55. The van der Waals surface area contributed by atoms with Crippen molar-refractivity contribution in [2.45, 2.75) is 50.7 Å². The number of benzene rings is 2. The van der Waals surface area contributed by atoms with Crippen LogP contribution in [-0.4, -0.2) is 70.3 Å². The van der Waals surface area contributed by atoms with Gasteiger partial charge in [0, 0.05) is 31.4 Å². The Hall–Kier alpha value is -3.62. The molecule has 0 spiro atoms. The first-order chi connectivity index (χ1) is 17.2. The molecule has 2 aromatic carbocycles. The maximum atomic E-state index is 13.2. The Labute approximate surface area is 205 Å². The highest BCUT2D eigenvalue weighted by atomic mass is 16.5. The number of methoxy groups -OCH3 is 1. The maximum absolute atomic E-state index is 13.2. The molecule has 1 amide bonds. The fourth-order valence-corrected chi connectivity index (χ4v) is 5.11. The Morgan fingerprint density at radius 3 is 2.66 bits per heavy atom. The van der Waals surface area contributed by atoms with Gasteiger partial charge in [-0.05, 0) is 49.8 Å². The molecule has 1 saturated carbocycles. The number of hydrogen-bond donors (Lipinski definition) is 1. The Bertz CT molecular complexity index is 1100. The van der Waals surface area contributed by atoms with Crippen LogP contribution < -0.4 is 14.4 Å². The lowest BCUT2D eigenvalue weighted by Gasteiger charge is -2.42. The molecule has 1 atom stereocenters. The molecule has 35 heavy (non-hydrogen) atoms. The number of anilines is 1. The molecule has 1 aliphatic carbocycles. The number of H-pyrrole nitrogens is 1. The standard InChI is InChI=1S/C26H32N6O3/c1-34-23-12-11-20(16-24(23)35-22-9-5-6-10-22)31-13-14-32(26(33)17-25-27-29-30-28-25)21(18-31)15-19-7-3-2-4-8-19/h2-4,7-8,11-12,16,21-22H,5-6,9-10,13-15,17-18H2,1H3,(H,27,28,29,30). The van der Waals surface area contributed by atoms with Crippen LogP contribution in [0, 0.1) is 0 Å². The van der Waals surface area contributed by atoms with Crippen molar-refractivity contribution in [2.75, 3.05) is 31.6 Å². The lowest BCUT2D eigenvalue weighted by atomic mass is 10.0. The van der Waals surface area contributed by atoms with Crippen molar-refractivity contribution in [1.29, 1.82) is 0 Å². The second-order valence-electron chi connectivity index (χ2n) is 9.24. The molecule has 9 nitrogen and oxygen atoms in total. The predicted molar refractivity (Wildman–Crippen MR) is 132 cm³/mol. The summed E-state index contributed by atoms with van der Waals surface area (Å²) in [4.78, 5) is 17.5. The van der Waals surface area contributed by atoms with E-state index in [0.717, 1.165) is 49.5 Å². The highest BCUT2D eigenvalue weighted by Gasteiger charge is 2.32. The van der Waals surface area contributed by atoms with E-state index in [0.29, 0.717) is 12.4 Å². The number of aromatic amines is 1. The highest BCUT2D eigenvalue weighted by Crippen LogP contribution is 2.35. The minimum atomic E-state index is 0.0202. The first-order valence-corrected chi connectivity index (χ1v) is 12.3. The number of piperazine rings is 1. The van der Waals surface area contributed by atoms with E-state index >= 15 is 0 Å². The van der Waals surface area contributed by atoms with E-state index in [1.54, 1.807) is 7.11 Å². The smallest absolute Gasteiger partial charge is 0.230 e. The summed E-state index contributed by atoms with van der Waals surface area (Å²) in [6.07, 6.45) is 5.79. The van der Waals surface area contributed by atoms with Gasteiger partial charge >= 0.3 is 0 Å². The number of amides is 1. The number of rotatable bonds is 8. The van der Waals surface area contributed by atoms with Gasteiger partial charge in [-0.3, -0.25) is 4.79 Å². The van der Waals surface area contributed by atoms with Gasteiger partial charge in [0.15, 0.2) is 17.3 Å². The molecule has 0 bridgehead atoms. The van der Waals surface area contributed by atoms with E-state index in [-0.39, 0.29) is 24.5 Å². The monoisotopic (exact) mass is 476 g/mol. The minimum absolute atomic E-state index is 0.0202. The number of carbonyl (C=O) groups excluding carboxylic acids is 1. The van der Waals surface area contributed by atoms with Crippen molar-refractivity contribution in [2.24, 2.45) is 0 Å². The van der Waals surface area contributed by atoms with Gasteiger partial charge in [-0.15, -0.1) is 10.2 Å². The molecule has 2 heterocycles. The summed E-state index contributed by atoms with van der Waals surface area (Å²) in [5.41, 5.74) is 2.29. The topological polar surface area (TPSA) is 96.5 Å². The summed E-state index contributed by atoms with van der Waals surface area (Å²) >= 11 is 0. The summed E-state index contributed by atoms with van der Waals surface area (Å²) in [5.74, 6) is 1.99. The van der Waals surface area contributed by atoms with Crippen molar-refractivity contribution >= 4 is 11.6 Å². The van der Waals surface area contributed by atoms with Gasteiger partial charge in [0.05, 0.1) is 25.7 Å². The van der Waals surface area contributed by atoms with Crippen LogP contribution >= 0.6 is 0 Å². The van der Waals surface area contributed by atoms with Gasteiger partial charge in [-0.25, -0.2) is 0 Å². The first-order valence-electron chi connectivity index (χ1n) is 12.3. The lowest BCUT2D eigenvalue weighted by Crippen LogP contribution is -2.56. The molecule has 9 heteroatoms. The normalized spacial score (nSPS) is 18.6. The van der Waals surface area contributed by atoms with Crippen molar-refractivity contribution in [1.82, 2.24) is 25.5 Å². The third-order valence-corrected chi connectivity index (χ3v) is 6.92. The largest absolute Gasteiger partial charge is 0.493 e. The van der Waals surface area contributed by atoms with Crippen LogP contribution in [0.4, 0.5) is 5.69 Å². The van der Waals surface area contributed by atoms with Gasteiger partial charge in [0.1, 0.15) is 0 Å². The van der Waals surface area contributed by atoms with E-state index in [1.165, 1.54) is 18.4 Å². The van der Waals surface area contributed by atoms with E-state index in [9.17, 15) is 4.79 Å². The predicted octanol–water partition coefficient (Wildman–Crippen LogP) is 3.03. The molecule has 1 saturated heterocycles. The van der Waals surface area contributed by atoms with Crippen LogP contribution in [0.3, 0.4) is 0 Å². The van der Waals surface area contributed by atoms with Crippen LogP contribution in [0.25, 0.3) is 0 Å². The molecule has 2 aliphatic rings. The van der Waals surface area contributed by atoms with Gasteiger partial charge in [-0.1, -0.05) is 35.5 Å². The molecule has 184 valence electrons. The van der Waals surface area contributed by atoms with Gasteiger partial charge in [-0.2, -0.15) is 5.21 Å². The van der Waals surface area contributed by atoms with Crippen molar-refractivity contribution < 1.29 is 14.3 Å². The van der Waals surface area contributed by atoms with Crippen LogP contribution in [0.1, 0.15) is 37.1 Å². The Morgan fingerprint density at radius 2 is 1.91 bits per heavy atom. The number of hydrogen-bond acceptors (Lipinski definition) is 7. The van der Waals surface area contributed by atoms with Gasteiger partial charge in [0.2, 0.25) is 5.91 Å². The minimum Gasteiger partial charge on any atom is -0.493 e. The van der Waals surface area contributed by atoms with Crippen molar-refractivity contribution in [3.63, 3.8) is 0 Å². The summed E-state index contributed by atoms with van der Waals surface area (Å²) in [6.45, 7) is 2.08. The second kappa shape index (κ2) is 10.8. The number of nitrogens with one attached hydrogen (secondary N) is 1. The van der Waals surface area contributed by atoms with E-state index in [1.807, 2.05) is 29.2 Å². The average Bonchev–Trinajstić information content (AvgIpc) is 3.59. The van der Waals surface area contributed by atoms with E-state index < -0.39 is 0 Å². The summed E-state index contributed by atoms with van der Waals surface area (Å²) in [5, 5.41) is 13.9. The molecule has 1 N–H and O–H groups in total. The molecule has 1 unspecified atom stereocenters. The molecule has 2 fully saturated rings. The fraction of sp³-hybridized carbons (Fsp3) is 0.462. The van der Waals surface area contributed by atoms with Crippen LogP contribution in [0.2, 0.25) is 0 Å². The van der Waals surface area contributed by atoms with E-state index in [4.69, 9.17) is 9.47 Å². The molecule has 5 rings (SSSR count). The number of nitrogens with zero attached hydrogens (tertiary/aromatic N) is 5. The number of aromatic nitrogens is 4. The summed E-state index contributed by atoms with van der Waals surface area (Å²) in [6, 6.07) is 16.5. The zero-order chi connectivity index (χ0) is 24.0. The number of carbonyl (C=O) groups is 1. The molecule has 3 aromatic rings. The highest BCUT2D eigenvalue weighted by molar-refractivity contribution is 5.78. The second-order valence-corrected chi connectivity index (χ2v) is 9.24. The van der Waals surface area contributed by atoms with Crippen LogP contribution in [-0.2, 0) is 17.6 Å². The van der Waals surface area contributed by atoms with Crippen LogP contribution in [0.15, 0.2) is 48.5 Å². The first kappa shape index (κ1) is 23.1. The fourth-order valence-electron chi connectivity index (χ4n) is 5.11. The molecule has 1 aliphatic heterocycles. The summed E-state index contributed by atoms with van der Waals surface area (Å²) < 4.78 is 11.9. The Kier molecular flexibility index (Phi) is 7.11. The zero-order valence-electron chi connectivity index (χ0n) is 20.1. The van der Waals surface area contributed by atoms with E-state index in [2.05, 4.69) is 49.8 Å². The lowest BCUT2D eigenvalue weighted by molar-refractivity contribution is -0.133. The van der Waals surface area contributed by atoms with Crippen LogP contribution in [0.5, 0.6) is 11.5 Å². The molecular formula is C26H32N6O3. The SMILES string of the molecule is COc1ccc(N2CCN(C(=O)Cc3nn[nH]n3)C(Cc3ccccc3)C2)cc1OC1CCCC1. The van der Waals surface area contributed by atoms with Gasteiger partial charge < -0.3 is 19.3 Å². The Morgan fingerprint density at radius 1 is 1.09 bits per heavy atom. The molecule has 1 aromatic heterocycles. The molecular weight excluding hydrogens is 444 g/mol. The summed E-state index contributed by atoms with van der Waals surface area (Å²) in [7, 11) is 1.68. The molecule has 0 radical (unpaired) electrons. The zero-order valence-corrected chi connectivity index (χ0v) is 20.1. The Balaban J connectivity index is 1.35. The quantitative estimate of drug-likeness (QED) is 0.534. The van der Waals surface area contributed by atoms with Crippen molar-refractivity contribution in [3.8, 4) is 11.5 Å². The number of tetrazole rings is 1. The van der Waals surface area contributed by atoms with Gasteiger partial charge in [0.25, 0.3) is 0 Å². The van der Waals surface area contributed by atoms with Crippen molar-refractivity contribution in [3.05, 3.63) is 59.9 Å². The maximum Gasteiger partial charge on any atom is 0.230 e.